The topological polar surface area (TPSA) is 68.0 Å². The van der Waals surface area contributed by atoms with Crippen molar-refractivity contribution >= 4 is 22.4 Å². The van der Waals surface area contributed by atoms with Gasteiger partial charge in [0.2, 0.25) is 5.91 Å². The van der Waals surface area contributed by atoms with E-state index >= 15 is 0 Å². The molecule has 0 saturated heterocycles. The number of thiazole rings is 1. The lowest BCUT2D eigenvalue weighted by Crippen LogP contribution is -2.44. The number of anilines is 1. The van der Waals surface area contributed by atoms with Gasteiger partial charge in [-0.25, -0.2) is 4.98 Å². The van der Waals surface area contributed by atoms with Crippen LogP contribution in [0, 0.1) is 5.41 Å². The lowest BCUT2D eigenvalue weighted by Gasteiger charge is -2.26. The van der Waals surface area contributed by atoms with Crippen LogP contribution in [0.25, 0.3) is 0 Å². The average Bonchev–Trinajstić information content (AvgIpc) is 2.79. The summed E-state index contributed by atoms with van der Waals surface area (Å²) in [6, 6.07) is -0.0301. The zero-order chi connectivity index (χ0) is 10.9. The number of nitrogens with zero attached hydrogens (tertiary/aromatic N) is 1. The van der Waals surface area contributed by atoms with Crippen molar-refractivity contribution in [3.05, 3.63) is 11.6 Å². The normalized spacial score (nSPS) is 30.4. The SMILES string of the molecule is CC1(C(=O)Nc2nccs2)CCCC1N. The maximum Gasteiger partial charge on any atom is 0.233 e. The number of hydrogen-bond acceptors (Lipinski definition) is 4. The van der Waals surface area contributed by atoms with E-state index in [4.69, 9.17) is 5.73 Å². The molecule has 1 aromatic rings. The molecule has 1 aliphatic rings. The third-order valence-electron chi connectivity index (χ3n) is 3.20. The van der Waals surface area contributed by atoms with Crippen LogP contribution in [0.1, 0.15) is 26.2 Å². The van der Waals surface area contributed by atoms with Gasteiger partial charge in [-0.05, 0) is 19.8 Å². The monoisotopic (exact) mass is 225 g/mol. The first-order valence-electron chi connectivity index (χ1n) is 5.09. The molecule has 15 heavy (non-hydrogen) atoms. The highest BCUT2D eigenvalue weighted by Crippen LogP contribution is 2.37. The molecule has 1 heterocycles. The van der Waals surface area contributed by atoms with Crippen LogP contribution in [0.15, 0.2) is 11.6 Å². The number of nitrogens with one attached hydrogen (secondary N) is 1. The quantitative estimate of drug-likeness (QED) is 0.803. The van der Waals surface area contributed by atoms with E-state index in [2.05, 4.69) is 10.3 Å². The van der Waals surface area contributed by atoms with Crippen LogP contribution in [0.3, 0.4) is 0 Å². The van der Waals surface area contributed by atoms with Gasteiger partial charge in [0.05, 0.1) is 5.41 Å². The highest BCUT2D eigenvalue weighted by molar-refractivity contribution is 7.13. The predicted molar refractivity (Wildman–Crippen MR) is 60.7 cm³/mol. The second kappa shape index (κ2) is 3.90. The minimum absolute atomic E-state index is 0.00227. The maximum absolute atomic E-state index is 12.0. The average molecular weight is 225 g/mol. The van der Waals surface area contributed by atoms with Crippen molar-refractivity contribution in [3.63, 3.8) is 0 Å². The zero-order valence-corrected chi connectivity index (χ0v) is 9.51. The van der Waals surface area contributed by atoms with Gasteiger partial charge in [0, 0.05) is 17.6 Å². The van der Waals surface area contributed by atoms with Crippen LogP contribution < -0.4 is 11.1 Å². The fourth-order valence-electron chi connectivity index (χ4n) is 2.00. The summed E-state index contributed by atoms with van der Waals surface area (Å²) in [5, 5.41) is 5.32. The van der Waals surface area contributed by atoms with E-state index in [1.807, 2.05) is 12.3 Å². The molecule has 3 N–H and O–H groups in total. The fraction of sp³-hybridized carbons (Fsp3) is 0.600. The van der Waals surface area contributed by atoms with Gasteiger partial charge in [0.25, 0.3) is 0 Å². The standard InChI is InChI=1S/C10H15N3OS/c1-10(4-2-3-7(10)11)8(14)13-9-12-5-6-15-9/h5-7H,2-4,11H2,1H3,(H,12,13,14). The van der Waals surface area contributed by atoms with Gasteiger partial charge >= 0.3 is 0 Å². The van der Waals surface area contributed by atoms with Crippen LogP contribution in [0.2, 0.25) is 0 Å². The van der Waals surface area contributed by atoms with E-state index in [1.54, 1.807) is 6.20 Å². The van der Waals surface area contributed by atoms with Gasteiger partial charge in [-0.2, -0.15) is 0 Å². The summed E-state index contributed by atoms with van der Waals surface area (Å²) < 4.78 is 0. The summed E-state index contributed by atoms with van der Waals surface area (Å²) in [6.45, 7) is 1.94. The Balaban J connectivity index is 2.07. The number of amides is 1. The number of carbonyl (C=O) groups excluding carboxylic acids is 1. The molecule has 2 atom stereocenters. The number of aromatic nitrogens is 1. The smallest absolute Gasteiger partial charge is 0.233 e. The lowest BCUT2D eigenvalue weighted by molar-refractivity contribution is -0.125. The van der Waals surface area contributed by atoms with Crippen molar-refractivity contribution in [1.29, 1.82) is 0 Å². The molecule has 0 radical (unpaired) electrons. The van der Waals surface area contributed by atoms with Gasteiger partial charge < -0.3 is 11.1 Å². The van der Waals surface area contributed by atoms with Crippen molar-refractivity contribution in [1.82, 2.24) is 4.98 Å². The molecule has 0 bridgehead atoms. The zero-order valence-electron chi connectivity index (χ0n) is 8.69. The van der Waals surface area contributed by atoms with Crippen molar-refractivity contribution in [2.45, 2.75) is 32.2 Å². The van der Waals surface area contributed by atoms with E-state index in [0.717, 1.165) is 19.3 Å². The summed E-state index contributed by atoms with van der Waals surface area (Å²) in [5.41, 5.74) is 5.54. The molecule has 1 amide bonds. The molecule has 1 fully saturated rings. The van der Waals surface area contributed by atoms with E-state index < -0.39 is 5.41 Å². The van der Waals surface area contributed by atoms with Crippen LogP contribution in [0.4, 0.5) is 5.13 Å². The molecule has 2 rings (SSSR count). The van der Waals surface area contributed by atoms with Crippen molar-refractivity contribution < 1.29 is 4.79 Å². The third-order valence-corrected chi connectivity index (χ3v) is 3.89. The van der Waals surface area contributed by atoms with Crippen LogP contribution >= 0.6 is 11.3 Å². The van der Waals surface area contributed by atoms with E-state index in [1.165, 1.54) is 11.3 Å². The second-order valence-electron chi connectivity index (χ2n) is 4.21. The summed E-state index contributed by atoms with van der Waals surface area (Å²) in [7, 11) is 0. The molecule has 0 spiro atoms. The largest absolute Gasteiger partial charge is 0.327 e. The van der Waals surface area contributed by atoms with Gasteiger partial charge in [-0.15, -0.1) is 11.3 Å². The van der Waals surface area contributed by atoms with Crippen molar-refractivity contribution in [3.8, 4) is 0 Å². The van der Waals surface area contributed by atoms with Crippen LogP contribution in [0.5, 0.6) is 0 Å². The fourth-order valence-corrected chi connectivity index (χ4v) is 2.52. The number of rotatable bonds is 2. The first-order chi connectivity index (χ1) is 7.13. The highest BCUT2D eigenvalue weighted by Gasteiger charge is 2.43. The van der Waals surface area contributed by atoms with Gasteiger partial charge in [0.1, 0.15) is 0 Å². The van der Waals surface area contributed by atoms with E-state index in [0.29, 0.717) is 5.13 Å². The number of nitrogens with two attached hydrogens (primary N) is 1. The summed E-state index contributed by atoms with van der Waals surface area (Å²) >= 11 is 1.43. The van der Waals surface area contributed by atoms with Crippen molar-refractivity contribution in [2.75, 3.05) is 5.32 Å². The Morgan fingerprint density at radius 3 is 3.13 bits per heavy atom. The van der Waals surface area contributed by atoms with Gasteiger partial charge in [0.15, 0.2) is 5.13 Å². The third kappa shape index (κ3) is 1.89. The predicted octanol–water partition coefficient (Wildman–Crippen LogP) is 1.60. The Hall–Kier alpha value is -0.940. The molecule has 4 nitrogen and oxygen atoms in total. The van der Waals surface area contributed by atoms with Crippen LogP contribution in [-0.2, 0) is 4.79 Å². The molecular formula is C10H15N3OS. The Labute approximate surface area is 92.9 Å². The summed E-state index contributed by atoms with van der Waals surface area (Å²) in [6.07, 6.45) is 4.51. The van der Waals surface area contributed by atoms with Gasteiger partial charge in [-0.1, -0.05) is 6.42 Å². The highest BCUT2D eigenvalue weighted by atomic mass is 32.1. The van der Waals surface area contributed by atoms with E-state index in [9.17, 15) is 4.79 Å². The summed E-state index contributed by atoms with van der Waals surface area (Å²) in [4.78, 5) is 16.0. The summed E-state index contributed by atoms with van der Waals surface area (Å²) in [5.74, 6) is 0.00227. The van der Waals surface area contributed by atoms with Crippen LogP contribution in [-0.4, -0.2) is 16.9 Å². The maximum atomic E-state index is 12.0. The first-order valence-corrected chi connectivity index (χ1v) is 5.97. The molecule has 5 heteroatoms. The molecule has 0 aliphatic heterocycles. The molecule has 0 aromatic carbocycles. The van der Waals surface area contributed by atoms with Gasteiger partial charge in [-0.3, -0.25) is 4.79 Å². The first kappa shape index (κ1) is 10.6. The molecule has 1 aliphatic carbocycles. The molecule has 1 aromatic heterocycles. The Kier molecular flexibility index (Phi) is 2.75. The number of hydrogen-bond donors (Lipinski definition) is 2. The number of carbonyl (C=O) groups is 1. The molecule has 82 valence electrons. The van der Waals surface area contributed by atoms with Crippen molar-refractivity contribution in [2.24, 2.45) is 11.1 Å². The molecule has 1 saturated carbocycles. The second-order valence-corrected chi connectivity index (χ2v) is 5.10. The Morgan fingerprint density at radius 1 is 1.80 bits per heavy atom. The molecular weight excluding hydrogens is 210 g/mol. The Bertz CT molecular complexity index is 352. The minimum Gasteiger partial charge on any atom is -0.327 e. The Morgan fingerprint density at radius 2 is 2.60 bits per heavy atom. The lowest BCUT2D eigenvalue weighted by atomic mass is 9.84. The minimum atomic E-state index is -0.425. The molecule has 2 unspecified atom stereocenters. The van der Waals surface area contributed by atoms with E-state index in [-0.39, 0.29) is 11.9 Å².